The van der Waals surface area contributed by atoms with Crippen LogP contribution in [0.15, 0.2) is 24.3 Å². The maximum absolute atomic E-state index is 12.2. The molecule has 0 radical (unpaired) electrons. The second kappa shape index (κ2) is 8.42. The summed E-state index contributed by atoms with van der Waals surface area (Å²) in [6.45, 7) is 3.54. The molecule has 1 aromatic carbocycles. The monoisotopic (exact) mass is 392 g/mol. The molecule has 10 heteroatoms. The van der Waals surface area contributed by atoms with E-state index in [4.69, 9.17) is 9.84 Å². The number of carbonyl (C=O) groups is 2. The number of carbonyl (C=O) groups excluding carboxylic acids is 1. The van der Waals surface area contributed by atoms with Crippen LogP contribution in [0.4, 0.5) is 10.5 Å². The van der Waals surface area contributed by atoms with Crippen molar-refractivity contribution >= 4 is 17.7 Å². The number of nitrogens with one attached hydrogen (secondary N) is 1. The van der Waals surface area contributed by atoms with Crippen molar-refractivity contribution in [1.29, 1.82) is 0 Å². The first kappa shape index (κ1) is 19.9. The Morgan fingerprint density at radius 3 is 2.50 bits per heavy atom. The van der Waals surface area contributed by atoms with Crippen molar-refractivity contribution in [2.75, 3.05) is 26.2 Å². The predicted octanol–water partition coefficient (Wildman–Crippen LogP) is 1.30. The lowest BCUT2D eigenvalue weighted by molar-refractivity contribution is -0.384. The van der Waals surface area contributed by atoms with Gasteiger partial charge in [-0.1, -0.05) is 6.92 Å². The van der Waals surface area contributed by atoms with Gasteiger partial charge in [-0.15, -0.1) is 0 Å². The number of non-ortho nitro benzene ring substituents is 1. The summed E-state index contributed by atoms with van der Waals surface area (Å²) in [5, 5.41) is 22.5. The summed E-state index contributed by atoms with van der Waals surface area (Å²) in [7, 11) is 0. The molecule has 0 aromatic heterocycles. The third-order valence-corrected chi connectivity index (χ3v) is 5.19. The van der Waals surface area contributed by atoms with Crippen LogP contribution in [-0.2, 0) is 4.79 Å². The molecule has 0 spiro atoms. The largest absolute Gasteiger partial charge is 0.487 e. The highest BCUT2D eigenvalue weighted by molar-refractivity contribution is 5.75. The average molecular weight is 392 g/mol. The Morgan fingerprint density at radius 1 is 1.32 bits per heavy atom. The summed E-state index contributed by atoms with van der Waals surface area (Å²) in [4.78, 5) is 36.8. The lowest BCUT2D eigenvalue weighted by Gasteiger charge is -2.44. The zero-order chi connectivity index (χ0) is 20.3. The molecule has 2 amide bonds. The Hall–Kier alpha value is -2.88. The van der Waals surface area contributed by atoms with E-state index in [1.807, 2.05) is 11.8 Å². The molecule has 2 N–H and O–H groups in total. The van der Waals surface area contributed by atoms with Crippen LogP contribution in [0.2, 0.25) is 0 Å². The van der Waals surface area contributed by atoms with Gasteiger partial charge in [-0.2, -0.15) is 0 Å². The number of benzene rings is 1. The molecule has 28 heavy (non-hydrogen) atoms. The molecular weight excluding hydrogens is 368 g/mol. The van der Waals surface area contributed by atoms with Crippen LogP contribution in [0.1, 0.15) is 19.8 Å². The van der Waals surface area contributed by atoms with Gasteiger partial charge in [0.25, 0.3) is 5.69 Å². The maximum Gasteiger partial charge on any atom is 0.317 e. The van der Waals surface area contributed by atoms with Crippen molar-refractivity contribution in [1.82, 2.24) is 15.1 Å². The van der Waals surface area contributed by atoms with E-state index in [0.717, 1.165) is 12.8 Å². The topological polar surface area (TPSA) is 125 Å². The Labute approximate surface area is 162 Å². The fraction of sp³-hybridized carbons (Fsp3) is 0.556. The van der Waals surface area contributed by atoms with Crippen molar-refractivity contribution in [3.05, 3.63) is 34.4 Å². The van der Waals surface area contributed by atoms with E-state index in [9.17, 15) is 19.7 Å². The molecule has 1 aliphatic carbocycles. The quantitative estimate of drug-likeness (QED) is 0.504. The highest BCUT2D eigenvalue weighted by atomic mass is 16.6. The lowest BCUT2D eigenvalue weighted by Crippen LogP contribution is -2.62. The van der Waals surface area contributed by atoms with E-state index in [1.165, 1.54) is 12.1 Å². The van der Waals surface area contributed by atoms with Gasteiger partial charge in [-0.05, 0) is 31.5 Å². The molecule has 10 nitrogen and oxygen atoms in total. The second-order valence-electron chi connectivity index (χ2n) is 7.12. The van der Waals surface area contributed by atoms with Crippen molar-refractivity contribution in [2.24, 2.45) is 0 Å². The molecule has 1 aliphatic heterocycles. The molecule has 0 atom stereocenters. The smallest absolute Gasteiger partial charge is 0.317 e. The molecule has 1 heterocycles. The summed E-state index contributed by atoms with van der Waals surface area (Å²) >= 11 is 0. The number of likely N-dealkylation sites (tertiary alicyclic amines) is 1. The van der Waals surface area contributed by atoms with Gasteiger partial charge in [0.1, 0.15) is 11.9 Å². The van der Waals surface area contributed by atoms with Gasteiger partial charge >= 0.3 is 12.0 Å². The number of ether oxygens (including phenoxy) is 1. The van der Waals surface area contributed by atoms with E-state index in [1.54, 1.807) is 17.0 Å². The fourth-order valence-corrected chi connectivity index (χ4v) is 3.46. The number of carboxylic acids is 1. The number of hydrogen-bond donors (Lipinski definition) is 2. The first-order valence-electron chi connectivity index (χ1n) is 9.28. The van der Waals surface area contributed by atoms with Crippen LogP contribution in [0, 0.1) is 10.1 Å². The Balaban J connectivity index is 1.35. The van der Waals surface area contributed by atoms with E-state index in [2.05, 4.69) is 5.32 Å². The van der Waals surface area contributed by atoms with Gasteiger partial charge in [0, 0.05) is 24.2 Å². The average Bonchev–Trinajstić information content (AvgIpc) is 2.58. The number of rotatable bonds is 8. The van der Waals surface area contributed by atoms with Crippen molar-refractivity contribution in [3.8, 4) is 5.75 Å². The zero-order valence-electron chi connectivity index (χ0n) is 15.6. The van der Waals surface area contributed by atoms with Crippen molar-refractivity contribution < 1.29 is 24.4 Å². The van der Waals surface area contributed by atoms with E-state index < -0.39 is 10.9 Å². The molecule has 2 aliphatic rings. The van der Waals surface area contributed by atoms with Crippen molar-refractivity contribution in [3.63, 3.8) is 0 Å². The SMILES string of the molecule is CCN(CC(=O)O)C1CC(NC(=O)N2CC(Oc3ccc([N+](=O)[O-])cc3)C2)C1. The van der Waals surface area contributed by atoms with E-state index in [0.29, 0.717) is 25.4 Å². The number of amides is 2. The molecule has 2 fully saturated rings. The third-order valence-electron chi connectivity index (χ3n) is 5.19. The normalized spacial score (nSPS) is 21.6. The lowest BCUT2D eigenvalue weighted by atomic mass is 9.85. The highest BCUT2D eigenvalue weighted by Crippen LogP contribution is 2.26. The van der Waals surface area contributed by atoms with Gasteiger partial charge in [0.15, 0.2) is 0 Å². The number of aliphatic carboxylic acids is 1. The van der Waals surface area contributed by atoms with Gasteiger partial charge in [-0.3, -0.25) is 19.8 Å². The molecule has 0 bridgehead atoms. The van der Waals surface area contributed by atoms with Crippen LogP contribution in [0.3, 0.4) is 0 Å². The maximum atomic E-state index is 12.2. The number of likely N-dealkylation sites (N-methyl/N-ethyl adjacent to an activating group) is 1. The minimum Gasteiger partial charge on any atom is -0.487 e. The molecule has 152 valence electrons. The van der Waals surface area contributed by atoms with Crippen LogP contribution in [-0.4, -0.2) is 76.2 Å². The minimum atomic E-state index is -0.839. The number of carboxylic acid groups (broad SMARTS) is 1. The molecule has 1 aromatic rings. The van der Waals surface area contributed by atoms with Crippen LogP contribution in [0.5, 0.6) is 5.75 Å². The summed E-state index contributed by atoms with van der Waals surface area (Å²) in [5.74, 6) is -0.301. The van der Waals surface area contributed by atoms with Crippen molar-refractivity contribution in [2.45, 2.75) is 38.0 Å². The summed E-state index contributed by atoms with van der Waals surface area (Å²) in [6, 6.07) is 5.98. The minimum absolute atomic E-state index is 0.00533. The standard InChI is InChI=1S/C18H24N4O6/c1-2-20(11-17(23)24)14-7-12(8-14)19-18(25)21-9-16(10-21)28-15-5-3-13(4-6-15)22(26)27/h3-6,12,14,16H,2,7-11H2,1H3,(H,19,25)(H,23,24). The summed E-state index contributed by atoms with van der Waals surface area (Å²) in [5.41, 5.74) is 0.00533. The first-order chi connectivity index (χ1) is 13.4. The van der Waals surface area contributed by atoms with Gasteiger partial charge in [0.05, 0.1) is 24.6 Å². The molecule has 0 unspecified atom stereocenters. The number of nitro benzene ring substituents is 1. The Bertz CT molecular complexity index is 728. The van der Waals surface area contributed by atoms with Gasteiger partial charge < -0.3 is 20.1 Å². The number of nitrogens with zero attached hydrogens (tertiary/aromatic N) is 3. The Kier molecular flexibility index (Phi) is 5.98. The highest BCUT2D eigenvalue weighted by Gasteiger charge is 2.38. The molecule has 3 rings (SSSR count). The second-order valence-corrected chi connectivity index (χ2v) is 7.12. The molecule has 1 saturated carbocycles. The predicted molar refractivity (Wildman–Crippen MR) is 99.3 cm³/mol. The zero-order valence-corrected chi connectivity index (χ0v) is 15.6. The molecular formula is C18H24N4O6. The Morgan fingerprint density at radius 2 is 1.96 bits per heavy atom. The van der Waals surface area contributed by atoms with Crippen LogP contribution < -0.4 is 10.1 Å². The van der Waals surface area contributed by atoms with Gasteiger partial charge in [0.2, 0.25) is 0 Å². The van der Waals surface area contributed by atoms with Gasteiger partial charge in [-0.25, -0.2) is 4.79 Å². The van der Waals surface area contributed by atoms with E-state index >= 15 is 0 Å². The number of hydrogen-bond acceptors (Lipinski definition) is 6. The summed E-state index contributed by atoms with van der Waals surface area (Å²) < 4.78 is 5.70. The third kappa shape index (κ3) is 4.69. The fourth-order valence-electron chi connectivity index (χ4n) is 3.46. The molecule has 1 saturated heterocycles. The summed E-state index contributed by atoms with van der Waals surface area (Å²) in [6.07, 6.45) is 1.37. The number of nitro groups is 1. The first-order valence-corrected chi connectivity index (χ1v) is 9.28. The number of urea groups is 1. The van der Waals surface area contributed by atoms with E-state index in [-0.39, 0.29) is 36.5 Å². The van der Waals surface area contributed by atoms with Crippen LogP contribution in [0.25, 0.3) is 0 Å². The van der Waals surface area contributed by atoms with Crippen LogP contribution >= 0.6 is 0 Å².